The summed E-state index contributed by atoms with van der Waals surface area (Å²) in [5.74, 6) is 1.57. The van der Waals surface area contributed by atoms with Crippen molar-refractivity contribution in [3.05, 3.63) is 52.6 Å². The van der Waals surface area contributed by atoms with Gasteiger partial charge in [0.15, 0.2) is 17.3 Å². The molecular formula is C19H22N4O3. The van der Waals surface area contributed by atoms with E-state index in [-0.39, 0.29) is 11.6 Å². The van der Waals surface area contributed by atoms with E-state index in [1.807, 2.05) is 32.0 Å². The van der Waals surface area contributed by atoms with E-state index in [1.54, 1.807) is 37.2 Å². The van der Waals surface area contributed by atoms with Crippen molar-refractivity contribution in [1.29, 1.82) is 0 Å². The van der Waals surface area contributed by atoms with E-state index in [4.69, 9.17) is 9.47 Å². The molecule has 7 nitrogen and oxygen atoms in total. The molecule has 0 fully saturated rings. The first-order valence-electron chi connectivity index (χ1n) is 8.36. The van der Waals surface area contributed by atoms with Crippen LogP contribution < -0.4 is 20.3 Å². The molecule has 0 spiro atoms. The molecule has 136 valence electrons. The van der Waals surface area contributed by atoms with Crippen molar-refractivity contribution in [3.8, 4) is 11.5 Å². The molecule has 1 N–H and O–H groups in total. The van der Waals surface area contributed by atoms with Gasteiger partial charge in [-0.25, -0.2) is 4.98 Å². The SMILES string of the molecule is COc1cccc(CNc2nc3ccncc3n(C(C)C)c2=O)c1OC. The molecule has 0 atom stereocenters. The van der Waals surface area contributed by atoms with Crippen molar-refractivity contribution < 1.29 is 9.47 Å². The Morgan fingerprint density at radius 2 is 2.00 bits per heavy atom. The molecule has 0 aliphatic carbocycles. The number of rotatable bonds is 6. The highest BCUT2D eigenvalue weighted by Gasteiger charge is 2.15. The maximum absolute atomic E-state index is 12.9. The summed E-state index contributed by atoms with van der Waals surface area (Å²) in [6.45, 7) is 4.31. The molecule has 2 aromatic heterocycles. The largest absolute Gasteiger partial charge is 0.493 e. The quantitative estimate of drug-likeness (QED) is 0.733. The Hall–Kier alpha value is -3.09. The van der Waals surface area contributed by atoms with Gasteiger partial charge in [0.05, 0.1) is 31.4 Å². The molecule has 0 unspecified atom stereocenters. The summed E-state index contributed by atoms with van der Waals surface area (Å²) in [5, 5.41) is 3.14. The molecule has 3 aromatic rings. The lowest BCUT2D eigenvalue weighted by atomic mass is 10.2. The van der Waals surface area contributed by atoms with Crippen LogP contribution in [0.25, 0.3) is 11.0 Å². The molecular weight excluding hydrogens is 332 g/mol. The molecule has 1 aromatic carbocycles. The first-order chi connectivity index (χ1) is 12.6. The predicted molar refractivity (Wildman–Crippen MR) is 101 cm³/mol. The second-order valence-electron chi connectivity index (χ2n) is 6.10. The minimum absolute atomic E-state index is 0.0101. The van der Waals surface area contributed by atoms with E-state index in [1.165, 1.54) is 0 Å². The van der Waals surface area contributed by atoms with Gasteiger partial charge in [-0.15, -0.1) is 0 Å². The average Bonchev–Trinajstić information content (AvgIpc) is 2.65. The first kappa shape index (κ1) is 17.7. The van der Waals surface area contributed by atoms with Gasteiger partial charge in [0, 0.05) is 24.3 Å². The Morgan fingerprint density at radius 1 is 1.19 bits per heavy atom. The molecule has 3 rings (SSSR count). The number of nitrogens with one attached hydrogen (secondary N) is 1. The minimum atomic E-state index is -0.178. The van der Waals surface area contributed by atoms with Gasteiger partial charge in [0.1, 0.15) is 0 Å². The number of anilines is 1. The Morgan fingerprint density at radius 3 is 2.69 bits per heavy atom. The van der Waals surface area contributed by atoms with Gasteiger partial charge in [-0.3, -0.25) is 14.3 Å². The van der Waals surface area contributed by atoms with Crippen molar-refractivity contribution in [3.63, 3.8) is 0 Å². The van der Waals surface area contributed by atoms with Crippen molar-refractivity contribution in [2.24, 2.45) is 0 Å². The lowest BCUT2D eigenvalue weighted by Crippen LogP contribution is -2.27. The molecule has 26 heavy (non-hydrogen) atoms. The lowest BCUT2D eigenvalue weighted by molar-refractivity contribution is 0.352. The maximum atomic E-state index is 12.9. The van der Waals surface area contributed by atoms with Crippen LogP contribution in [0.3, 0.4) is 0 Å². The Labute approximate surface area is 151 Å². The fraction of sp³-hybridized carbons (Fsp3) is 0.316. The summed E-state index contributed by atoms with van der Waals surface area (Å²) in [4.78, 5) is 21.5. The van der Waals surface area contributed by atoms with Gasteiger partial charge in [-0.2, -0.15) is 0 Å². The van der Waals surface area contributed by atoms with Crippen LogP contribution in [0.4, 0.5) is 5.82 Å². The molecule has 0 amide bonds. The standard InChI is InChI=1S/C19H22N4O3/c1-12(2)23-15-11-20-9-8-14(15)22-18(19(23)24)21-10-13-6-5-7-16(25-3)17(13)26-4/h5-9,11-12H,10H2,1-4H3,(H,21,22). The second kappa shape index (κ2) is 7.43. The van der Waals surface area contributed by atoms with E-state index < -0.39 is 0 Å². The Balaban J connectivity index is 2.00. The topological polar surface area (TPSA) is 78.3 Å². The van der Waals surface area contributed by atoms with Gasteiger partial charge in [0.2, 0.25) is 0 Å². The van der Waals surface area contributed by atoms with Crippen LogP contribution in [-0.2, 0) is 6.54 Å². The van der Waals surface area contributed by atoms with Crippen LogP contribution in [0.1, 0.15) is 25.5 Å². The molecule has 2 heterocycles. The minimum Gasteiger partial charge on any atom is -0.493 e. The fourth-order valence-electron chi connectivity index (χ4n) is 2.95. The summed E-state index contributed by atoms with van der Waals surface area (Å²) in [6.07, 6.45) is 3.33. The Bertz CT molecular complexity index is 982. The number of nitrogens with zero attached hydrogens (tertiary/aromatic N) is 3. The molecule has 0 saturated carbocycles. The first-order valence-corrected chi connectivity index (χ1v) is 8.36. The summed E-state index contributed by atoms with van der Waals surface area (Å²) < 4.78 is 12.5. The number of para-hydroxylation sites is 1. The molecule has 0 radical (unpaired) electrons. The van der Waals surface area contributed by atoms with Crippen LogP contribution in [-0.4, -0.2) is 28.8 Å². The third-order valence-corrected chi connectivity index (χ3v) is 4.14. The summed E-state index contributed by atoms with van der Waals surface area (Å²) in [5.41, 5.74) is 2.13. The van der Waals surface area contributed by atoms with E-state index in [0.717, 1.165) is 11.1 Å². The molecule has 0 bridgehead atoms. The highest BCUT2D eigenvalue weighted by Crippen LogP contribution is 2.31. The van der Waals surface area contributed by atoms with Crippen LogP contribution in [0, 0.1) is 0 Å². The number of methoxy groups -OCH3 is 2. The highest BCUT2D eigenvalue weighted by atomic mass is 16.5. The van der Waals surface area contributed by atoms with E-state index in [0.29, 0.717) is 29.4 Å². The Kier molecular flexibility index (Phi) is 5.06. The molecule has 0 saturated heterocycles. The maximum Gasteiger partial charge on any atom is 0.294 e. The normalized spacial score (nSPS) is 11.0. The molecule has 7 heteroatoms. The number of benzene rings is 1. The third kappa shape index (κ3) is 3.20. The zero-order chi connectivity index (χ0) is 18.7. The van der Waals surface area contributed by atoms with E-state index >= 15 is 0 Å². The zero-order valence-electron chi connectivity index (χ0n) is 15.3. The monoisotopic (exact) mass is 354 g/mol. The lowest BCUT2D eigenvalue weighted by Gasteiger charge is -2.16. The second-order valence-corrected chi connectivity index (χ2v) is 6.10. The average molecular weight is 354 g/mol. The van der Waals surface area contributed by atoms with Crippen molar-refractivity contribution in [2.75, 3.05) is 19.5 Å². The highest BCUT2D eigenvalue weighted by molar-refractivity contribution is 5.75. The predicted octanol–water partition coefficient (Wildman–Crippen LogP) is 3.00. The smallest absolute Gasteiger partial charge is 0.294 e. The number of aromatic nitrogens is 3. The third-order valence-electron chi connectivity index (χ3n) is 4.14. The van der Waals surface area contributed by atoms with Crippen molar-refractivity contribution in [1.82, 2.24) is 14.5 Å². The van der Waals surface area contributed by atoms with Crippen LogP contribution >= 0.6 is 0 Å². The van der Waals surface area contributed by atoms with Crippen molar-refractivity contribution in [2.45, 2.75) is 26.4 Å². The van der Waals surface area contributed by atoms with Gasteiger partial charge in [-0.05, 0) is 26.0 Å². The molecule has 0 aliphatic heterocycles. The number of hydrogen-bond donors (Lipinski definition) is 1. The van der Waals surface area contributed by atoms with Gasteiger partial charge in [-0.1, -0.05) is 12.1 Å². The number of fused-ring (bicyclic) bond motifs is 1. The van der Waals surface area contributed by atoms with Gasteiger partial charge in [0.25, 0.3) is 5.56 Å². The number of pyridine rings is 1. The van der Waals surface area contributed by atoms with E-state index in [2.05, 4.69) is 15.3 Å². The molecule has 0 aliphatic rings. The zero-order valence-corrected chi connectivity index (χ0v) is 15.3. The van der Waals surface area contributed by atoms with Crippen LogP contribution in [0.2, 0.25) is 0 Å². The van der Waals surface area contributed by atoms with E-state index in [9.17, 15) is 4.79 Å². The van der Waals surface area contributed by atoms with Crippen molar-refractivity contribution >= 4 is 16.9 Å². The number of hydrogen-bond acceptors (Lipinski definition) is 6. The summed E-state index contributed by atoms with van der Waals surface area (Å²) in [6, 6.07) is 7.41. The van der Waals surface area contributed by atoms with Gasteiger partial charge < -0.3 is 14.8 Å². The summed E-state index contributed by atoms with van der Waals surface area (Å²) >= 11 is 0. The van der Waals surface area contributed by atoms with Crippen LogP contribution in [0.5, 0.6) is 11.5 Å². The van der Waals surface area contributed by atoms with Crippen LogP contribution in [0.15, 0.2) is 41.5 Å². The fourth-order valence-corrected chi connectivity index (χ4v) is 2.95. The number of ether oxygens (including phenoxy) is 2. The van der Waals surface area contributed by atoms with Gasteiger partial charge >= 0.3 is 0 Å². The summed E-state index contributed by atoms with van der Waals surface area (Å²) in [7, 11) is 3.18.